The highest BCUT2D eigenvalue weighted by Gasteiger charge is 2.44. The minimum Gasteiger partial charge on any atom is -0.391 e. The maximum Gasteiger partial charge on any atom is 0.274 e. The molecule has 2 fully saturated rings. The summed E-state index contributed by atoms with van der Waals surface area (Å²) in [6, 6.07) is 4.86. The van der Waals surface area contributed by atoms with Gasteiger partial charge in [0.2, 0.25) is 0 Å². The fraction of sp³-hybridized carbons (Fsp3) is 0.520. The number of fused-ring (bicyclic) bond motifs is 1. The molecule has 5 rings (SSSR count). The van der Waals surface area contributed by atoms with Gasteiger partial charge in [0.25, 0.3) is 11.5 Å². The largest absolute Gasteiger partial charge is 0.391 e. The summed E-state index contributed by atoms with van der Waals surface area (Å²) in [5.74, 6) is 0.717. The molecule has 0 bridgehead atoms. The molecule has 3 heterocycles. The Kier molecular flexibility index (Phi) is 6.44. The van der Waals surface area contributed by atoms with Crippen LogP contribution in [0.25, 0.3) is 5.65 Å². The molecule has 0 aromatic carbocycles. The topological polar surface area (TPSA) is 135 Å². The molecule has 2 aliphatic carbocycles. The van der Waals surface area contributed by atoms with E-state index in [1.807, 2.05) is 6.92 Å². The number of amides is 1. The zero-order valence-electron chi connectivity index (χ0n) is 20.8. The molecule has 3 aromatic heterocycles. The lowest BCUT2D eigenvalue weighted by molar-refractivity contribution is -0.0828. The number of carbonyl (C=O) groups excluding carboxylic acids is 1. The van der Waals surface area contributed by atoms with Crippen molar-refractivity contribution in [3.63, 3.8) is 0 Å². The number of aromatic nitrogens is 4. The number of pyridine rings is 1. The van der Waals surface area contributed by atoms with E-state index in [2.05, 4.69) is 26.0 Å². The van der Waals surface area contributed by atoms with Crippen molar-refractivity contribution in [2.75, 3.05) is 24.8 Å². The lowest BCUT2D eigenvalue weighted by Gasteiger charge is -2.45. The predicted molar refractivity (Wildman–Crippen MR) is 136 cm³/mol. The molecule has 4 N–H and O–H groups in total. The van der Waals surface area contributed by atoms with Gasteiger partial charge in [-0.15, -0.1) is 0 Å². The van der Waals surface area contributed by atoms with E-state index in [0.29, 0.717) is 35.0 Å². The van der Waals surface area contributed by atoms with E-state index < -0.39 is 6.10 Å². The number of hydrogen-bond donors (Lipinski definition) is 4. The normalized spacial score (nSPS) is 25.8. The molecule has 0 aliphatic heterocycles. The van der Waals surface area contributed by atoms with Crippen molar-refractivity contribution in [3.8, 4) is 0 Å². The molecule has 2 aliphatic rings. The number of nitrogens with one attached hydrogen (secondary N) is 3. The van der Waals surface area contributed by atoms with Crippen molar-refractivity contribution in [2.24, 2.45) is 0 Å². The molecule has 36 heavy (non-hydrogen) atoms. The monoisotopic (exact) mass is 495 g/mol. The van der Waals surface area contributed by atoms with Gasteiger partial charge in [0, 0.05) is 26.4 Å². The Balaban J connectivity index is 1.45. The quantitative estimate of drug-likeness (QED) is 0.393. The summed E-state index contributed by atoms with van der Waals surface area (Å²) in [7, 11) is 3.40. The number of ether oxygens (including phenoxy) is 1. The van der Waals surface area contributed by atoms with Gasteiger partial charge in [-0.3, -0.25) is 9.59 Å². The van der Waals surface area contributed by atoms with Crippen molar-refractivity contribution < 1.29 is 14.6 Å². The highest BCUT2D eigenvalue weighted by molar-refractivity contribution is 6.00. The molecule has 0 radical (unpaired) electrons. The Morgan fingerprint density at radius 3 is 2.78 bits per heavy atom. The fourth-order valence-corrected chi connectivity index (χ4v) is 5.19. The Morgan fingerprint density at radius 2 is 2.08 bits per heavy atom. The van der Waals surface area contributed by atoms with Crippen LogP contribution in [0.4, 0.5) is 17.3 Å². The van der Waals surface area contributed by atoms with E-state index in [4.69, 9.17) is 4.74 Å². The highest BCUT2D eigenvalue weighted by Crippen LogP contribution is 2.35. The summed E-state index contributed by atoms with van der Waals surface area (Å²) in [5.41, 5.74) is 0.417. The molecule has 11 nitrogen and oxygen atoms in total. The van der Waals surface area contributed by atoms with Crippen LogP contribution in [-0.2, 0) is 4.74 Å². The number of anilines is 3. The molecule has 2 saturated carbocycles. The third-order valence-corrected chi connectivity index (χ3v) is 7.70. The van der Waals surface area contributed by atoms with Crippen molar-refractivity contribution in [1.29, 1.82) is 0 Å². The van der Waals surface area contributed by atoms with Gasteiger partial charge in [0.05, 0.1) is 30.0 Å². The first-order valence-corrected chi connectivity index (χ1v) is 12.4. The van der Waals surface area contributed by atoms with E-state index in [1.54, 1.807) is 47.6 Å². The summed E-state index contributed by atoms with van der Waals surface area (Å²) < 4.78 is 8.72. The Morgan fingerprint density at radius 1 is 1.28 bits per heavy atom. The summed E-state index contributed by atoms with van der Waals surface area (Å²) >= 11 is 0. The number of rotatable bonds is 7. The second-order valence-electron chi connectivity index (χ2n) is 9.83. The molecule has 1 amide bonds. The number of nitrogens with zero attached hydrogens (tertiary/aromatic N) is 4. The first kappa shape index (κ1) is 24.3. The average Bonchev–Trinajstić information content (AvgIpc) is 3.31. The van der Waals surface area contributed by atoms with E-state index >= 15 is 0 Å². The van der Waals surface area contributed by atoms with Gasteiger partial charge in [0.1, 0.15) is 22.9 Å². The fourth-order valence-electron chi connectivity index (χ4n) is 5.19. The van der Waals surface area contributed by atoms with E-state index in [1.165, 1.54) is 6.20 Å². The zero-order valence-corrected chi connectivity index (χ0v) is 20.8. The Labute approximate surface area is 208 Å². The molecule has 1 unspecified atom stereocenters. The standard InChI is InChI=1S/C25H33N7O4/c1-25(36-3)11-10-19(25)29-23(34)15-14-27-32-21(26-2)13-20(30-22(15)32)28-16-7-6-12-31(24(16)35)17-8-4-5-9-18(17)33/h6-7,12-14,17-19,26,33H,4-5,8-11H2,1-3H3,(H,28,30)(H,29,34)/t17-,18+,19?,25-/m0/s1. The molecule has 192 valence electrons. The van der Waals surface area contributed by atoms with Gasteiger partial charge < -0.3 is 30.4 Å². The third-order valence-electron chi connectivity index (χ3n) is 7.70. The van der Waals surface area contributed by atoms with Crippen LogP contribution in [-0.4, -0.2) is 62.1 Å². The lowest BCUT2D eigenvalue weighted by atomic mass is 9.76. The van der Waals surface area contributed by atoms with Crippen molar-refractivity contribution in [3.05, 3.63) is 46.5 Å². The van der Waals surface area contributed by atoms with Crippen LogP contribution in [0, 0.1) is 0 Å². The predicted octanol–water partition coefficient (Wildman–Crippen LogP) is 2.45. The van der Waals surface area contributed by atoms with Gasteiger partial charge in [-0.2, -0.15) is 9.61 Å². The van der Waals surface area contributed by atoms with Crippen LogP contribution in [0.2, 0.25) is 0 Å². The molecule has 4 atom stereocenters. The van der Waals surface area contributed by atoms with Gasteiger partial charge in [0.15, 0.2) is 5.65 Å². The van der Waals surface area contributed by atoms with Gasteiger partial charge in [-0.25, -0.2) is 4.98 Å². The summed E-state index contributed by atoms with van der Waals surface area (Å²) in [6.45, 7) is 1.98. The number of hydrogen-bond acceptors (Lipinski definition) is 8. The van der Waals surface area contributed by atoms with E-state index in [9.17, 15) is 14.7 Å². The molecule has 3 aromatic rings. The van der Waals surface area contributed by atoms with Crippen LogP contribution in [0.1, 0.15) is 61.8 Å². The van der Waals surface area contributed by atoms with E-state index in [-0.39, 0.29) is 29.2 Å². The van der Waals surface area contributed by atoms with Crippen LogP contribution in [0.5, 0.6) is 0 Å². The van der Waals surface area contributed by atoms with Crippen LogP contribution in [0.15, 0.2) is 35.4 Å². The Bertz CT molecular complexity index is 1330. The maximum atomic E-state index is 13.3. The number of methoxy groups -OCH3 is 1. The second-order valence-corrected chi connectivity index (χ2v) is 9.83. The lowest BCUT2D eigenvalue weighted by Crippen LogP contribution is -2.59. The first-order chi connectivity index (χ1) is 17.3. The highest BCUT2D eigenvalue weighted by atomic mass is 16.5. The van der Waals surface area contributed by atoms with Gasteiger partial charge in [-0.05, 0) is 44.7 Å². The Hall–Kier alpha value is -3.44. The minimum absolute atomic E-state index is 0.0899. The smallest absolute Gasteiger partial charge is 0.274 e. The SMILES string of the molecule is CNc1cc(Nc2cccn([C@H]3CCCC[C@H]3O)c2=O)nc2c(C(=O)NC3CC[C@]3(C)OC)cnn12. The maximum absolute atomic E-state index is 13.3. The van der Waals surface area contributed by atoms with Gasteiger partial charge >= 0.3 is 0 Å². The minimum atomic E-state index is -0.541. The summed E-state index contributed by atoms with van der Waals surface area (Å²) in [5, 5.41) is 24.0. The third kappa shape index (κ3) is 4.22. The summed E-state index contributed by atoms with van der Waals surface area (Å²) in [4.78, 5) is 31.0. The average molecular weight is 496 g/mol. The second kappa shape index (κ2) is 9.55. The van der Waals surface area contributed by atoms with Crippen molar-refractivity contribution in [1.82, 2.24) is 24.5 Å². The summed E-state index contributed by atoms with van der Waals surface area (Å²) in [6.07, 6.45) is 7.78. The van der Waals surface area contributed by atoms with Crippen LogP contribution in [0.3, 0.4) is 0 Å². The number of aliphatic hydroxyl groups is 1. The number of carbonyl (C=O) groups is 1. The van der Waals surface area contributed by atoms with Gasteiger partial charge in [-0.1, -0.05) is 12.8 Å². The molecule has 0 spiro atoms. The van der Waals surface area contributed by atoms with Crippen molar-refractivity contribution >= 4 is 28.9 Å². The molecular weight excluding hydrogens is 462 g/mol. The number of aliphatic hydroxyl groups excluding tert-OH is 1. The first-order valence-electron chi connectivity index (χ1n) is 12.4. The van der Waals surface area contributed by atoms with Crippen molar-refractivity contribution in [2.45, 2.75) is 69.2 Å². The molecule has 0 saturated heterocycles. The zero-order chi connectivity index (χ0) is 25.4. The van der Waals surface area contributed by atoms with Crippen LogP contribution < -0.4 is 21.5 Å². The molecule has 11 heteroatoms. The van der Waals surface area contributed by atoms with E-state index in [0.717, 1.165) is 32.1 Å². The van der Waals surface area contributed by atoms with Crippen LogP contribution >= 0.6 is 0 Å². The molecular formula is C25H33N7O4.